The molecule has 6 heteroatoms. The minimum atomic E-state index is -0.400. The third-order valence-electron chi connectivity index (χ3n) is 4.01. The van der Waals surface area contributed by atoms with Crippen LogP contribution in [0, 0.1) is 21.4 Å². The Morgan fingerprint density at radius 2 is 2.08 bits per heavy atom. The molecule has 0 saturated carbocycles. The number of hydrogen-bond acceptors (Lipinski definition) is 5. The second kappa shape index (κ2) is 7.01. The molecule has 0 spiro atoms. The number of nitrogens with zero attached hydrogens (tertiary/aromatic N) is 3. The molecule has 122 valence electrons. The van der Waals surface area contributed by atoms with Crippen LogP contribution in [0.2, 0.25) is 0 Å². The van der Waals surface area contributed by atoms with Gasteiger partial charge >= 0.3 is 0 Å². The monoisotopic (exact) mass is 323 g/mol. The number of nitro benzene ring substituents is 1. The first-order chi connectivity index (χ1) is 11.7. The molecule has 0 aromatic heterocycles. The van der Waals surface area contributed by atoms with E-state index >= 15 is 0 Å². The molecule has 0 fully saturated rings. The van der Waals surface area contributed by atoms with Crippen LogP contribution in [0.1, 0.15) is 18.4 Å². The Morgan fingerprint density at radius 1 is 1.29 bits per heavy atom. The van der Waals surface area contributed by atoms with E-state index in [-0.39, 0.29) is 11.8 Å². The minimum Gasteiger partial charge on any atom is -0.486 e. The van der Waals surface area contributed by atoms with Gasteiger partial charge in [0.2, 0.25) is 0 Å². The Labute approximate surface area is 140 Å². The van der Waals surface area contributed by atoms with Gasteiger partial charge in [-0.3, -0.25) is 10.1 Å². The largest absolute Gasteiger partial charge is 0.486 e. The first-order valence-corrected chi connectivity index (χ1v) is 7.78. The summed E-state index contributed by atoms with van der Waals surface area (Å²) in [5, 5.41) is 19.9. The molecule has 0 amide bonds. The fourth-order valence-electron chi connectivity index (χ4n) is 2.86. The predicted molar refractivity (Wildman–Crippen MR) is 89.9 cm³/mol. The lowest BCUT2D eigenvalue weighted by Gasteiger charge is -2.36. The van der Waals surface area contributed by atoms with E-state index in [4.69, 9.17) is 10.00 Å². The maximum Gasteiger partial charge on any atom is 0.271 e. The molecule has 6 nitrogen and oxygen atoms in total. The molecule has 0 N–H and O–H groups in total. The van der Waals surface area contributed by atoms with Gasteiger partial charge in [0, 0.05) is 25.1 Å². The topological polar surface area (TPSA) is 79.4 Å². The number of rotatable bonds is 5. The van der Waals surface area contributed by atoms with Crippen molar-refractivity contribution in [1.29, 1.82) is 5.26 Å². The van der Waals surface area contributed by atoms with Gasteiger partial charge in [0.25, 0.3) is 5.69 Å². The van der Waals surface area contributed by atoms with E-state index < -0.39 is 4.92 Å². The average Bonchev–Trinajstić information content (AvgIpc) is 2.60. The molecule has 1 unspecified atom stereocenters. The van der Waals surface area contributed by atoms with Crippen LogP contribution < -0.4 is 9.64 Å². The Bertz CT molecular complexity index is 771. The molecule has 24 heavy (non-hydrogen) atoms. The van der Waals surface area contributed by atoms with Crippen molar-refractivity contribution in [3.8, 4) is 11.8 Å². The predicted octanol–water partition coefficient (Wildman–Crippen LogP) is 3.67. The van der Waals surface area contributed by atoms with Crippen molar-refractivity contribution < 1.29 is 9.66 Å². The number of hydrogen-bond donors (Lipinski definition) is 0. The normalized spacial score (nSPS) is 16.0. The molecule has 3 rings (SSSR count). The van der Waals surface area contributed by atoms with Gasteiger partial charge in [0.1, 0.15) is 11.9 Å². The fourth-order valence-corrected chi connectivity index (χ4v) is 2.86. The van der Waals surface area contributed by atoms with Gasteiger partial charge in [-0.25, -0.2) is 0 Å². The molecule has 0 saturated heterocycles. The third kappa shape index (κ3) is 3.46. The molecule has 2 aromatic carbocycles. The van der Waals surface area contributed by atoms with Crippen molar-refractivity contribution in [3.63, 3.8) is 0 Å². The zero-order valence-electron chi connectivity index (χ0n) is 13.1. The van der Waals surface area contributed by atoms with Gasteiger partial charge in [0.05, 0.1) is 23.2 Å². The Morgan fingerprint density at radius 3 is 2.79 bits per heavy atom. The molecule has 1 aliphatic heterocycles. The molecule has 2 aromatic rings. The van der Waals surface area contributed by atoms with Crippen molar-refractivity contribution in [2.45, 2.75) is 25.5 Å². The lowest BCUT2D eigenvalue weighted by atomic mass is 10.1. The van der Waals surface area contributed by atoms with Crippen LogP contribution >= 0.6 is 0 Å². The van der Waals surface area contributed by atoms with Crippen LogP contribution in [0.4, 0.5) is 11.4 Å². The van der Waals surface area contributed by atoms with E-state index in [9.17, 15) is 10.1 Å². The summed E-state index contributed by atoms with van der Waals surface area (Å²) in [6.07, 6.45) is 0.965. The Balaban J connectivity index is 1.91. The molecule has 1 aliphatic rings. The third-order valence-corrected chi connectivity index (χ3v) is 4.01. The number of fused-ring (bicyclic) bond motifs is 1. The maximum absolute atomic E-state index is 11.1. The average molecular weight is 323 g/mol. The quantitative estimate of drug-likeness (QED) is 0.619. The van der Waals surface area contributed by atoms with Gasteiger partial charge in [0.15, 0.2) is 0 Å². The summed E-state index contributed by atoms with van der Waals surface area (Å²) in [5.74, 6) is 0.630. The SMILES string of the molecule is N#CCCC1CN(Cc2ccccc2)c2cc([N+](=O)[O-])ccc2O1. The lowest BCUT2D eigenvalue weighted by molar-refractivity contribution is -0.384. The number of nitro groups is 1. The van der Waals surface area contributed by atoms with Crippen molar-refractivity contribution >= 4 is 11.4 Å². The highest BCUT2D eigenvalue weighted by Crippen LogP contribution is 2.37. The number of non-ortho nitro benzene ring substituents is 1. The molecule has 1 heterocycles. The second-order valence-electron chi connectivity index (χ2n) is 5.71. The Hall–Kier alpha value is -3.07. The molecular formula is C18H17N3O3. The van der Waals surface area contributed by atoms with Crippen LogP contribution in [0.5, 0.6) is 5.75 Å². The highest BCUT2D eigenvalue weighted by atomic mass is 16.6. The summed E-state index contributed by atoms with van der Waals surface area (Å²) in [7, 11) is 0. The highest BCUT2D eigenvalue weighted by molar-refractivity contribution is 5.64. The molecule has 0 bridgehead atoms. The first-order valence-electron chi connectivity index (χ1n) is 7.78. The van der Waals surface area contributed by atoms with Crippen LogP contribution in [-0.4, -0.2) is 17.6 Å². The van der Waals surface area contributed by atoms with Crippen LogP contribution in [0.15, 0.2) is 48.5 Å². The lowest BCUT2D eigenvalue weighted by Crippen LogP contribution is -2.39. The van der Waals surface area contributed by atoms with Gasteiger partial charge in [-0.05, 0) is 18.1 Å². The summed E-state index contributed by atoms with van der Waals surface area (Å²) >= 11 is 0. The van der Waals surface area contributed by atoms with Crippen LogP contribution in [0.3, 0.4) is 0 Å². The zero-order valence-corrected chi connectivity index (χ0v) is 13.1. The number of ether oxygens (including phenoxy) is 1. The van der Waals surface area contributed by atoms with E-state index in [0.717, 1.165) is 11.3 Å². The maximum atomic E-state index is 11.1. The van der Waals surface area contributed by atoms with E-state index in [0.29, 0.717) is 31.7 Å². The summed E-state index contributed by atoms with van der Waals surface area (Å²) in [4.78, 5) is 12.8. The van der Waals surface area contributed by atoms with Crippen molar-refractivity contribution in [1.82, 2.24) is 0 Å². The van der Waals surface area contributed by atoms with Crippen LogP contribution in [0.25, 0.3) is 0 Å². The van der Waals surface area contributed by atoms with E-state index in [2.05, 4.69) is 11.0 Å². The van der Waals surface area contributed by atoms with E-state index in [1.807, 2.05) is 30.3 Å². The second-order valence-corrected chi connectivity index (χ2v) is 5.71. The summed E-state index contributed by atoms with van der Waals surface area (Å²) in [6, 6.07) is 16.7. The van der Waals surface area contributed by atoms with Crippen molar-refractivity contribution in [3.05, 3.63) is 64.2 Å². The summed E-state index contributed by atoms with van der Waals surface area (Å²) < 4.78 is 5.92. The molecular weight excluding hydrogens is 306 g/mol. The fraction of sp³-hybridized carbons (Fsp3) is 0.278. The van der Waals surface area contributed by atoms with Crippen LogP contribution in [-0.2, 0) is 6.54 Å². The number of benzene rings is 2. The zero-order chi connectivity index (χ0) is 16.9. The molecule has 1 atom stereocenters. The number of anilines is 1. The summed E-state index contributed by atoms with van der Waals surface area (Å²) in [5.41, 5.74) is 1.89. The Kier molecular flexibility index (Phi) is 4.62. The van der Waals surface area contributed by atoms with E-state index in [1.54, 1.807) is 12.1 Å². The number of nitriles is 1. The van der Waals surface area contributed by atoms with Gasteiger partial charge in [-0.1, -0.05) is 30.3 Å². The van der Waals surface area contributed by atoms with Gasteiger partial charge in [-0.15, -0.1) is 0 Å². The summed E-state index contributed by atoms with van der Waals surface area (Å²) in [6.45, 7) is 1.24. The van der Waals surface area contributed by atoms with Crippen molar-refractivity contribution in [2.75, 3.05) is 11.4 Å². The van der Waals surface area contributed by atoms with Crippen molar-refractivity contribution in [2.24, 2.45) is 0 Å². The van der Waals surface area contributed by atoms with Gasteiger partial charge < -0.3 is 9.64 Å². The van der Waals surface area contributed by atoms with E-state index in [1.165, 1.54) is 6.07 Å². The highest BCUT2D eigenvalue weighted by Gasteiger charge is 2.27. The standard InChI is InChI=1S/C18H17N3O3/c19-10-4-7-16-13-20(12-14-5-2-1-3-6-14)17-11-15(21(22)23)8-9-18(17)24-16/h1-3,5-6,8-9,11,16H,4,7,12-13H2. The molecule has 0 radical (unpaired) electrons. The smallest absolute Gasteiger partial charge is 0.271 e. The molecule has 0 aliphatic carbocycles. The minimum absolute atomic E-state index is 0.0471. The van der Waals surface area contributed by atoms with Gasteiger partial charge in [-0.2, -0.15) is 5.26 Å². The first kappa shape index (κ1) is 15.8.